The zero-order valence-corrected chi connectivity index (χ0v) is 17.0. The number of carboxylic acid groups (broad SMARTS) is 1. The van der Waals surface area contributed by atoms with Gasteiger partial charge in [0.15, 0.2) is 0 Å². The lowest BCUT2D eigenvalue weighted by atomic mass is 10.2. The smallest absolute Gasteiger partial charge is 0.326 e. The van der Waals surface area contributed by atoms with E-state index in [-0.39, 0.29) is 6.42 Å². The molecule has 0 spiro atoms. The number of nitrogens with two attached hydrogens (primary N) is 1. The Morgan fingerprint density at radius 1 is 0.963 bits per heavy atom. The van der Waals surface area contributed by atoms with E-state index in [1.54, 1.807) is 0 Å². The number of rotatable bonds is 14. The van der Waals surface area contributed by atoms with Crippen LogP contribution >= 0.6 is 23.5 Å². The summed E-state index contributed by atoms with van der Waals surface area (Å²) < 4.78 is 0. The molecule has 0 aromatic heterocycles. The molecule has 0 aromatic carbocycles. The van der Waals surface area contributed by atoms with Gasteiger partial charge in [0, 0.05) is 0 Å². The Bertz CT molecular complexity index is 509. The molecule has 12 heteroatoms. The molecule has 27 heavy (non-hydrogen) atoms. The van der Waals surface area contributed by atoms with Crippen molar-refractivity contribution >= 4 is 47.2 Å². The molecule has 0 aliphatic rings. The lowest BCUT2D eigenvalue weighted by molar-refractivity contribution is -0.141. The molecule has 0 fully saturated rings. The Balaban J connectivity index is 4.65. The van der Waals surface area contributed by atoms with E-state index in [4.69, 9.17) is 15.9 Å². The highest BCUT2D eigenvalue weighted by Crippen LogP contribution is 2.02. The van der Waals surface area contributed by atoms with E-state index in [0.717, 1.165) is 0 Å². The van der Waals surface area contributed by atoms with Gasteiger partial charge in [-0.1, -0.05) is 0 Å². The van der Waals surface area contributed by atoms with Crippen LogP contribution in [0.25, 0.3) is 0 Å². The molecule has 0 saturated carbocycles. The summed E-state index contributed by atoms with van der Waals surface area (Å²) in [5.41, 5.74) is 5.42. The van der Waals surface area contributed by atoms with Crippen molar-refractivity contribution in [2.24, 2.45) is 5.73 Å². The largest absolute Gasteiger partial charge is 0.480 e. The first-order valence-corrected chi connectivity index (χ1v) is 11.0. The standard InChI is InChI=1S/C15H28N4O6S2/c1-26-5-3-10(19-13(22)9(16)8-20)14(23)17-7-12(21)18-11(15(24)25)4-6-27-2/h9-11,20H,3-8,16H2,1-2H3,(H,17,23)(H,18,21)(H,19,22)(H,24,25). The second kappa shape index (κ2) is 14.5. The molecule has 3 amide bonds. The number of hydrogen-bond donors (Lipinski definition) is 6. The van der Waals surface area contributed by atoms with Crippen molar-refractivity contribution in [1.29, 1.82) is 0 Å². The predicted molar refractivity (Wildman–Crippen MR) is 106 cm³/mol. The highest BCUT2D eigenvalue weighted by molar-refractivity contribution is 7.98. The van der Waals surface area contributed by atoms with Gasteiger partial charge in [-0.05, 0) is 36.9 Å². The average Bonchev–Trinajstić information content (AvgIpc) is 2.65. The lowest BCUT2D eigenvalue weighted by Crippen LogP contribution is -2.54. The van der Waals surface area contributed by atoms with E-state index in [9.17, 15) is 19.2 Å². The molecule has 0 aromatic rings. The first kappa shape index (κ1) is 25.5. The minimum Gasteiger partial charge on any atom is -0.480 e. The maximum atomic E-state index is 12.3. The van der Waals surface area contributed by atoms with Crippen LogP contribution in [-0.2, 0) is 19.2 Å². The van der Waals surface area contributed by atoms with Crippen molar-refractivity contribution in [2.45, 2.75) is 31.0 Å². The molecule has 0 radical (unpaired) electrons. The molecule has 0 bridgehead atoms. The molecule has 0 rings (SSSR count). The highest BCUT2D eigenvalue weighted by atomic mass is 32.2. The maximum absolute atomic E-state index is 12.3. The van der Waals surface area contributed by atoms with E-state index in [1.807, 2.05) is 12.5 Å². The van der Waals surface area contributed by atoms with Gasteiger partial charge in [-0.25, -0.2) is 4.79 Å². The van der Waals surface area contributed by atoms with Crippen LogP contribution in [-0.4, -0.2) is 89.2 Å². The van der Waals surface area contributed by atoms with Gasteiger partial charge >= 0.3 is 5.97 Å². The van der Waals surface area contributed by atoms with Crippen molar-refractivity contribution in [2.75, 3.05) is 37.2 Å². The molecule has 0 heterocycles. The third-order valence-electron chi connectivity index (χ3n) is 3.44. The van der Waals surface area contributed by atoms with Gasteiger partial charge in [0.25, 0.3) is 0 Å². The molecular weight excluding hydrogens is 396 g/mol. The first-order chi connectivity index (χ1) is 12.8. The quantitative estimate of drug-likeness (QED) is 0.184. The van der Waals surface area contributed by atoms with Gasteiger partial charge in [0.1, 0.15) is 18.1 Å². The highest BCUT2D eigenvalue weighted by Gasteiger charge is 2.24. The van der Waals surface area contributed by atoms with Crippen molar-refractivity contribution < 1.29 is 29.4 Å². The van der Waals surface area contributed by atoms with Crippen LogP contribution in [0.5, 0.6) is 0 Å². The van der Waals surface area contributed by atoms with Crippen molar-refractivity contribution in [3.8, 4) is 0 Å². The summed E-state index contributed by atoms with van der Waals surface area (Å²) in [7, 11) is 0. The Morgan fingerprint density at radius 2 is 1.52 bits per heavy atom. The summed E-state index contributed by atoms with van der Waals surface area (Å²) in [6.45, 7) is -0.975. The number of hydrogen-bond acceptors (Lipinski definition) is 8. The summed E-state index contributed by atoms with van der Waals surface area (Å²) >= 11 is 2.93. The van der Waals surface area contributed by atoms with E-state index in [1.165, 1.54) is 23.5 Å². The molecule has 156 valence electrons. The normalized spacial score (nSPS) is 13.9. The van der Waals surface area contributed by atoms with Crippen LogP contribution in [0.15, 0.2) is 0 Å². The summed E-state index contributed by atoms with van der Waals surface area (Å²) in [6, 6.07) is -3.09. The van der Waals surface area contributed by atoms with Gasteiger partial charge < -0.3 is 31.9 Å². The summed E-state index contributed by atoms with van der Waals surface area (Å²) in [5, 5.41) is 25.2. The minimum atomic E-state index is -1.15. The Morgan fingerprint density at radius 3 is 2.00 bits per heavy atom. The van der Waals surface area contributed by atoms with Crippen LogP contribution in [0, 0.1) is 0 Å². The van der Waals surface area contributed by atoms with Crippen LogP contribution in [0.4, 0.5) is 0 Å². The Hall–Kier alpha value is -1.50. The number of aliphatic carboxylic acids is 1. The van der Waals surface area contributed by atoms with Crippen LogP contribution in [0.2, 0.25) is 0 Å². The SMILES string of the molecule is CSCCC(NC(=O)CNC(=O)C(CCSC)NC(=O)C(N)CO)C(=O)O. The maximum Gasteiger partial charge on any atom is 0.326 e. The van der Waals surface area contributed by atoms with Crippen molar-refractivity contribution in [1.82, 2.24) is 16.0 Å². The van der Waals surface area contributed by atoms with Crippen LogP contribution < -0.4 is 21.7 Å². The van der Waals surface area contributed by atoms with E-state index < -0.39 is 55.0 Å². The van der Waals surface area contributed by atoms with Gasteiger partial charge in [-0.3, -0.25) is 14.4 Å². The summed E-state index contributed by atoms with van der Waals surface area (Å²) in [6.07, 6.45) is 4.24. The molecular formula is C15H28N4O6S2. The number of aliphatic hydroxyl groups is 1. The second-order valence-electron chi connectivity index (χ2n) is 5.59. The molecule has 3 atom stereocenters. The van der Waals surface area contributed by atoms with Gasteiger partial charge in [-0.15, -0.1) is 0 Å². The van der Waals surface area contributed by atoms with Gasteiger partial charge in [0.05, 0.1) is 13.2 Å². The number of amides is 3. The number of thioether (sulfide) groups is 2. The Labute approximate surface area is 166 Å². The van der Waals surface area contributed by atoms with Gasteiger partial charge in [-0.2, -0.15) is 23.5 Å². The fourth-order valence-electron chi connectivity index (χ4n) is 1.90. The monoisotopic (exact) mass is 424 g/mol. The van der Waals surface area contributed by atoms with Crippen LogP contribution in [0.1, 0.15) is 12.8 Å². The third kappa shape index (κ3) is 11.1. The lowest BCUT2D eigenvalue weighted by Gasteiger charge is -2.20. The number of carbonyl (C=O) groups is 4. The minimum absolute atomic E-state index is 0.266. The number of carbonyl (C=O) groups excluding carboxylic acids is 3. The zero-order valence-electron chi connectivity index (χ0n) is 15.4. The molecule has 0 aliphatic carbocycles. The molecule has 0 aliphatic heterocycles. The van der Waals surface area contributed by atoms with E-state index in [0.29, 0.717) is 17.9 Å². The first-order valence-electron chi connectivity index (χ1n) is 8.21. The number of nitrogens with one attached hydrogen (secondary N) is 3. The average molecular weight is 425 g/mol. The predicted octanol–water partition coefficient (Wildman–Crippen LogP) is -2.02. The second-order valence-corrected chi connectivity index (χ2v) is 7.56. The van der Waals surface area contributed by atoms with E-state index >= 15 is 0 Å². The summed E-state index contributed by atoms with van der Waals surface area (Å²) in [5.74, 6) is -1.91. The van der Waals surface area contributed by atoms with Crippen molar-refractivity contribution in [3.05, 3.63) is 0 Å². The summed E-state index contributed by atoms with van der Waals surface area (Å²) in [4.78, 5) is 47.1. The zero-order chi connectivity index (χ0) is 20.8. The van der Waals surface area contributed by atoms with Crippen molar-refractivity contribution in [3.63, 3.8) is 0 Å². The van der Waals surface area contributed by atoms with Crippen LogP contribution in [0.3, 0.4) is 0 Å². The molecule has 3 unspecified atom stereocenters. The van der Waals surface area contributed by atoms with Gasteiger partial charge in [0.2, 0.25) is 17.7 Å². The third-order valence-corrected chi connectivity index (χ3v) is 4.73. The Kier molecular flexibility index (Phi) is 13.7. The fourth-order valence-corrected chi connectivity index (χ4v) is 2.84. The number of aliphatic hydroxyl groups excluding tert-OH is 1. The topological polar surface area (TPSA) is 171 Å². The van der Waals surface area contributed by atoms with E-state index in [2.05, 4.69) is 16.0 Å². The molecule has 7 N–H and O–H groups in total. The molecule has 0 saturated heterocycles. The molecule has 10 nitrogen and oxygen atoms in total. The fraction of sp³-hybridized carbons (Fsp3) is 0.733. The number of carboxylic acids is 1.